The molecule has 412 valence electrons. The van der Waals surface area contributed by atoms with Crippen LogP contribution in [0, 0.1) is 0 Å². The summed E-state index contributed by atoms with van der Waals surface area (Å²) in [6.45, 7) is 21.2. The SMILES string of the molecule is CC(C)(C)c1cc(-c2ccc3c(c2)c2ccccc2n3-c2ccccc2)c2c(c1)c1c3ccccc3cc3c4nc5c(cc4n2c31)c1cc(C(C)(C)C)cc2c3cc(C(C)(C)C)cc(-c4ccc6c(c4)c4ccccc4n6-c4ccccc4)c3n5c12. The molecule has 0 N–H and O–H groups in total. The Kier molecular flexibility index (Phi) is 9.71. The highest BCUT2D eigenvalue weighted by atomic mass is 15.0. The largest absolute Gasteiger partial charge is 0.309 e. The van der Waals surface area contributed by atoms with Crippen molar-refractivity contribution in [3.05, 3.63) is 235 Å². The molecule has 86 heavy (non-hydrogen) atoms. The van der Waals surface area contributed by atoms with Gasteiger partial charge in [0.15, 0.2) is 0 Å². The molecule has 0 saturated carbocycles. The van der Waals surface area contributed by atoms with Crippen LogP contribution in [0.1, 0.15) is 79.0 Å². The zero-order valence-electron chi connectivity index (χ0n) is 50.0. The van der Waals surface area contributed by atoms with Gasteiger partial charge in [0.25, 0.3) is 0 Å². The topological polar surface area (TPSA) is 31.6 Å². The van der Waals surface area contributed by atoms with Crippen LogP contribution in [0.15, 0.2) is 218 Å². The van der Waals surface area contributed by atoms with Gasteiger partial charge >= 0.3 is 0 Å². The molecule has 11 aromatic carbocycles. The number of benzene rings is 11. The van der Waals surface area contributed by atoms with Crippen molar-refractivity contribution in [3.8, 4) is 33.6 Å². The second kappa shape index (κ2) is 16.9. The maximum Gasteiger partial charge on any atom is 0.146 e. The predicted molar refractivity (Wildman–Crippen MR) is 367 cm³/mol. The van der Waals surface area contributed by atoms with E-state index >= 15 is 0 Å². The minimum Gasteiger partial charge on any atom is -0.309 e. The Morgan fingerprint density at radius 3 is 1.28 bits per heavy atom. The highest BCUT2D eigenvalue weighted by molar-refractivity contribution is 6.34. The molecule has 18 rings (SSSR count). The molecule has 0 fully saturated rings. The highest BCUT2D eigenvalue weighted by Gasteiger charge is 2.31. The number of nitrogens with zero attached hydrogens (tertiary/aromatic N) is 5. The summed E-state index contributed by atoms with van der Waals surface area (Å²) in [6, 6.07) is 82.7. The lowest BCUT2D eigenvalue weighted by atomic mass is 9.83. The fourth-order valence-corrected chi connectivity index (χ4v) is 15.1. The Balaban J connectivity index is 0.985. The quantitative estimate of drug-likeness (QED) is 0.173. The summed E-state index contributed by atoms with van der Waals surface area (Å²) < 4.78 is 10.0. The lowest BCUT2D eigenvalue weighted by Gasteiger charge is -2.22. The third-order valence-electron chi connectivity index (χ3n) is 19.4. The summed E-state index contributed by atoms with van der Waals surface area (Å²) >= 11 is 0. The normalized spacial score (nSPS) is 13.2. The molecule has 5 heteroatoms. The van der Waals surface area contributed by atoms with Crippen molar-refractivity contribution in [2.45, 2.75) is 78.6 Å². The zero-order chi connectivity index (χ0) is 58.0. The van der Waals surface area contributed by atoms with Crippen molar-refractivity contribution in [2.75, 3.05) is 0 Å². The van der Waals surface area contributed by atoms with Gasteiger partial charge in [0, 0.05) is 81.8 Å². The van der Waals surface area contributed by atoms with Crippen molar-refractivity contribution >= 4 is 131 Å². The van der Waals surface area contributed by atoms with E-state index in [0.29, 0.717) is 0 Å². The number of rotatable bonds is 4. The van der Waals surface area contributed by atoms with E-state index in [1.54, 1.807) is 0 Å². The summed E-state index contributed by atoms with van der Waals surface area (Å²) in [4.78, 5) is 6.15. The van der Waals surface area contributed by atoms with Crippen LogP contribution >= 0.6 is 0 Å². The van der Waals surface area contributed by atoms with E-state index in [1.807, 2.05) is 0 Å². The van der Waals surface area contributed by atoms with E-state index in [4.69, 9.17) is 4.98 Å². The minimum absolute atomic E-state index is 0.118. The van der Waals surface area contributed by atoms with Crippen molar-refractivity contribution < 1.29 is 0 Å². The van der Waals surface area contributed by atoms with Gasteiger partial charge in [-0.3, -0.25) is 4.40 Å². The molecule has 0 aliphatic carbocycles. The number of fused-ring (bicyclic) bond motifs is 20. The van der Waals surface area contributed by atoms with Gasteiger partial charge in [-0.2, -0.15) is 0 Å². The standard InChI is InChI=1S/C81H63N5/c1-79(2,3)49-39-57(47-32-34-69-59(36-47)55-28-18-20-30-67(55)83(69)52-23-12-10-13-24-52)74-61(41-49)62-42-51(81(7,8)9)43-63-64-45-71-73(82-78(64)86(74)76(62)63)66-38-46-22-16-17-27-54(46)72-65-44-50(80(4,5)6)40-58(75(65)85(71)77(66)72)48-33-35-70-60(37-48)56-29-19-21-31-68(56)84(70)53-25-14-11-15-26-53/h10-45H,1-9H3. The van der Waals surface area contributed by atoms with Crippen LogP contribution in [0.4, 0.5) is 0 Å². The fourth-order valence-electron chi connectivity index (χ4n) is 15.1. The molecule has 0 bridgehead atoms. The molecule has 7 aromatic heterocycles. The van der Waals surface area contributed by atoms with Crippen LogP contribution in [-0.4, -0.2) is 22.9 Å². The maximum atomic E-state index is 6.15. The molecule has 7 heterocycles. The predicted octanol–water partition coefficient (Wildman–Crippen LogP) is 22.0. The Labute approximate surface area is 498 Å². The Bertz CT molecular complexity index is 5920. The van der Waals surface area contributed by atoms with Crippen molar-refractivity contribution in [1.82, 2.24) is 22.9 Å². The van der Waals surface area contributed by atoms with E-state index in [1.165, 1.54) is 153 Å². The van der Waals surface area contributed by atoms with E-state index in [-0.39, 0.29) is 16.2 Å². The molecule has 18 aromatic rings. The lowest BCUT2D eigenvalue weighted by Crippen LogP contribution is -2.11. The van der Waals surface area contributed by atoms with Crippen molar-refractivity contribution in [2.24, 2.45) is 0 Å². The van der Waals surface area contributed by atoms with Gasteiger partial charge in [-0.15, -0.1) is 0 Å². The maximum absolute atomic E-state index is 6.15. The number of hydrogen-bond acceptors (Lipinski definition) is 1. The Morgan fingerprint density at radius 1 is 0.291 bits per heavy atom. The first kappa shape index (κ1) is 49.5. The molecule has 5 nitrogen and oxygen atoms in total. The average Bonchev–Trinajstić information content (AvgIpc) is 1.53. The van der Waals surface area contributed by atoms with Crippen LogP contribution in [0.5, 0.6) is 0 Å². The number of hydrogen-bond donors (Lipinski definition) is 0. The third-order valence-corrected chi connectivity index (χ3v) is 19.4. The van der Waals surface area contributed by atoms with E-state index in [2.05, 4.69) is 299 Å². The van der Waals surface area contributed by atoms with Gasteiger partial charge < -0.3 is 13.5 Å². The number of para-hydroxylation sites is 4. The summed E-state index contributed by atoms with van der Waals surface area (Å²) in [5.41, 5.74) is 23.5. The third kappa shape index (κ3) is 6.68. The minimum atomic E-state index is -0.123. The van der Waals surface area contributed by atoms with Gasteiger partial charge in [-0.05, 0) is 164 Å². The molecule has 0 unspecified atom stereocenters. The highest BCUT2D eigenvalue weighted by Crippen LogP contribution is 2.51. The van der Waals surface area contributed by atoms with Crippen molar-refractivity contribution in [1.29, 1.82) is 0 Å². The second-order valence-corrected chi connectivity index (χ2v) is 27.6. The molecular formula is C81H63N5. The summed E-state index contributed by atoms with van der Waals surface area (Å²) in [7, 11) is 0. The van der Waals surface area contributed by atoms with Crippen LogP contribution in [0.25, 0.3) is 164 Å². The zero-order valence-corrected chi connectivity index (χ0v) is 50.0. The molecule has 0 atom stereocenters. The first-order valence-electron chi connectivity index (χ1n) is 30.5. The lowest BCUT2D eigenvalue weighted by molar-refractivity contribution is 0.591. The molecule has 0 aliphatic heterocycles. The molecular weight excluding hydrogens is 1040 g/mol. The summed E-state index contributed by atoms with van der Waals surface area (Å²) in [5, 5.41) is 16.1. The Hall–Kier alpha value is -9.97. The van der Waals surface area contributed by atoms with E-state index in [9.17, 15) is 0 Å². The second-order valence-electron chi connectivity index (χ2n) is 27.6. The molecule has 0 radical (unpaired) electrons. The van der Waals surface area contributed by atoms with Gasteiger partial charge in [-0.25, -0.2) is 4.98 Å². The van der Waals surface area contributed by atoms with Crippen molar-refractivity contribution in [3.63, 3.8) is 0 Å². The number of pyridine rings is 1. The first-order valence-corrected chi connectivity index (χ1v) is 30.5. The van der Waals surface area contributed by atoms with Gasteiger partial charge in [-0.1, -0.05) is 172 Å². The fraction of sp³-hybridized carbons (Fsp3) is 0.148. The van der Waals surface area contributed by atoms with E-state index < -0.39 is 0 Å². The molecule has 0 amide bonds. The van der Waals surface area contributed by atoms with Gasteiger partial charge in [0.1, 0.15) is 5.65 Å². The van der Waals surface area contributed by atoms with Crippen LogP contribution in [-0.2, 0) is 16.2 Å². The monoisotopic (exact) mass is 1110 g/mol. The molecule has 0 saturated heterocycles. The first-order chi connectivity index (χ1) is 41.6. The van der Waals surface area contributed by atoms with E-state index in [0.717, 1.165) is 28.1 Å². The van der Waals surface area contributed by atoms with Gasteiger partial charge in [0.05, 0.1) is 55.2 Å². The number of aromatic nitrogens is 5. The average molecular weight is 1110 g/mol. The summed E-state index contributed by atoms with van der Waals surface area (Å²) in [5.74, 6) is 0. The van der Waals surface area contributed by atoms with Crippen LogP contribution in [0.2, 0.25) is 0 Å². The van der Waals surface area contributed by atoms with Gasteiger partial charge in [0.2, 0.25) is 0 Å². The summed E-state index contributed by atoms with van der Waals surface area (Å²) in [6.07, 6.45) is 0. The smallest absolute Gasteiger partial charge is 0.146 e. The Morgan fingerprint density at radius 2 is 0.733 bits per heavy atom. The molecule has 0 spiro atoms. The molecule has 0 aliphatic rings. The van der Waals surface area contributed by atoms with Crippen LogP contribution in [0.3, 0.4) is 0 Å². The van der Waals surface area contributed by atoms with Crippen LogP contribution < -0.4 is 0 Å².